The molecule has 2 saturated heterocycles. The molecule has 1 aromatic carbocycles. The molecule has 2 fully saturated rings. The van der Waals surface area contributed by atoms with Crippen LogP contribution in [0.2, 0.25) is 0 Å². The van der Waals surface area contributed by atoms with Crippen LogP contribution in [-0.2, 0) is 6.54 Å². The van der Waals surface area contributed by atoms with E-state index in [0.29, 0.717) is 37.7 Å². The number of aryl methyl sites for hydroxylation is 1. The van der Waals surface area contributed by atoms with Crippen LogP contribution in [0.5, 0.6) is 5.75 Å². The van der Waals surface area contributed by atoms with Gasteiger partial charge >= 0.3 is 6.03 Å². The first-order chi connectivity index (χ1) is 16.0. The van der Waals surface area contributed by atoms with E-state index in [4.69, 9.17) is 4.74 Å². The van der Waals surface area contributed by atoms with Crippen LogP contribution >= 0.6 is 11.3 Å². The van der Waals surface area contributed by atoms with Gasteiger partial charge in [0.2, 0.25) is 0 Å². The van der Waals surface area contributed by atoms with Gasteiger partial charge < -0.3 is 19.9 Å². The van der Waals surface area contributed by atoms with Crippen LogP contribution in [0.1, 0.15) is 33.6 Å². The molecule has 2 aliphatic rings. The minimum Gasteiger partial charge on any atom is -0.496 e. The maximum atomic E-state index is 12.9. The molecule has 3 heterocycles. The number of piperidine rings is 1. The summed E-state index contributed by atoms with van der Waals surface area (Å²) in [6.45, 7) is 8.10. The predicted octanol–water partition coefficient (Wildman–Crippen LogP) is 3.44. The number of carbonyl (C=O) groups excluding carboxylic acids is 2. The summed E-state index contributed by atoms with van der Waals surface area (Å²) in [6.07, 6.45) is 2.24. The largest absolute Gasteiger partial charge is 0.496 e. The molecule has 0 unspecified atom stereocenters. The van der Waals surface area contributed by atoms with Gasteiger partial charge in [0.1, 0.15) is 5.75 Å². The normalized spacial score (nSPS) is 17.8. The zero-order valence-electron chi connectivity index (χ0n) is 19.6. The van der Waals surface area contributed by atoms with Crippen molar-refractivity contribution in [1.82, 2.24) is 20.0 Å². The molecular formula is C25H34N4O3S. The second-order valence-corrected chi connectivity index (χ2v) is 9.98. The first-order valence-corrected chi connectivity index (χ1v) is 12.6. The summed E-state index contributed by atoms with van der Waals surface area (Å²) in [4.78, 5) is 33.1. The Labute approximate surface area is 200 Å². The summed E-state index contributed by atoms with van der Waals surface area (Å²) < 4.78 is 5.34. The van der Waals surface area contributed by atoms with Crippen molar-refractivity contribution in [3.8, 4) is 5.75 Å². The minimum atomic E-state index is -0.0138. The fraction of sp³-hybridized carbons (Fsp3) is 0.520. The Kier molecular flexibility index (Phi) is 7.88. The summed E-state index contributed by atoms with van der Waals surface area (Å²) in [7, 11) is 1.61. The van der Waals surface area contributed by atoms with Crippen LogP contribution in [0.15, 0.2) is 35.7 Å². The molecular weight excluding hydrogens is 436 g/mol. The minimum absolute atomic E-state index is 0.0114. The van der Waals surface area contributed by atoms with E-state index < -0.39 is 0 Å². The zero-order chi connectivity index (χ0) is 23.2. The number of piperazine rings is 1. The molecule has 0 bridgehead atoms. The fourth-order valence-corrected chi connectivity index (χ4v) is 5.31. The van der Waals surface area contributed by atoms with E-state index in [1.165, 1.54) is 4.88 Å². The lowest BCUT2D eigenvalue weighted by atomic mass is 9.97. The first kappa shape index (κ1) is 23.6. The smallest absolute Gasteiger partial charge is 0.317 e. The van der Waals surface area contributed by atoms with Gasteiger partial charge in [-0.3, -0.25) is 9.69 Å². The van der Waals surface area contributed by atoms with Crippen molar-refractivity contribution in [2.24, 2.45) is 5.92 Å². The standard InChI is InChI=1S/C25H34N4O3S/c1-19-5-6-21(16-23(19)32-2)24(30)28-11-13-29(14-12-28)25(31)26-17-20-7-9-27(10-8-20)18-22-4-3-15-33-22/h3-6,15-16,20H,7-14,17-18H2,1-2H3,(H,26,31). The van der Waals surface area contributed by atoms with E-state index in [2.05, 4.69) is 27.7 Å². The zero-order valence-corrected chi connectivity index (χ0v) is 20.4. The number of hydrogen-bond acceptors (Lipinski definition) is 5. The lowest BCUT2D eigenvalue weighted by molar-refractivity contribution is 0.0663. The van der Waals surface area contributed by atoms with Crippen molar-refractivity contribution in [2.75, 3.05) is 52.9 Å². The number of thiophene rings is 1. The highest BCUT2D eigenvalue weighted by Gasteiger charge is 2.26. The van der Waals surface area contributed by atoms with Crippen LogP contribution in [0.4, 0.5) is 4.79 Å². The van der Waals surface area contributed by atoms with E-state index in [-0.39, 0.29) is 11.9 Å². The Bertz CT molecular complexity index is 933. The monoisotopic (exact) mass is 470 g/mol. The summed E-state index contributed by atoms with van der Waals surface area (Å²) >= 11 is 1.82. The van der Waals surface area contributed by atoms with Crippen LogP contribution in [0.25, 0.3) is 0 Å². The van der Waals surface area contributed by atoms with E-state index in [1.807, 2.05) is 40.2 Å². The summed E-state index contributed by atoms with van der Waals surface area (Å²) in [5, 5.41) is 5.26. The second kappa shape index (κ2) is 11.0. The molecule has 7 nitrogen and oxygen atoms in total. The van der Waals surface area contributed by atoms with E-state index in [0.717, 1.165) is 50.3 Å². The number of methoxy groups -OCH3 is 1. The molecule has 0 spiro atoms. The van der Waals surface area contributed by atoms with E-state index >= 15 is 0 Å². The number of rotatable bonds is 6. The topological polar surface area (TPSA) is 65.1 Å². The van der Waals surface area contributed by atoms with Crippen LogP contribution in [0, 0.1) is 12.8 Å². The molecule has 178 valence electrons. The molecule has 8 heteroatoms. The van der Waals surface area contributed by atoms with Crippen LogP contribution in [-0.4, -0.2) is 79.6 Å². The molecule has 2 aromatic rings. The van der Waals surface area contributed by atoms with Gasteiger partial charge in [-0.2, -0.15) is 0 Å². The molecule has 0 saturated carbocycles. The van der Waals surface area contributed by atoms with Gasteiger partial charge in [-0.15, -0.1) is 11.3 Å². The number of benzene rings is 1. The Morgan fingerprint density at radius 3 is 2.45 bits per heavy atom. The van der Waals surface area contributed by atoms with Crippen molar-refractivity contribution in [2.45, 2.75) is 26.3 Å². The Morgan fingerprint density at radius 2 is 1.79 bits per heavy atom. The number of hydrogen-bond donors (Lipinski definition) is 1. The third kappa shape index (κ3) is 6.06. The van der Waals surface area contributed by atoms with Crippen molar-refractivity contribution >= 4 is 23.3 Å². The molecule has 4 rings (SSSR count). The number of amides is 3. The predicted molar refractivity (Wildman–Crippen MR) is 131 cm³/mol. The first-order valence-electron chi connectivity index (χ1n) is 11.7. The lowest BCUT2D eigenvalue weighted by Crippen LogP contribution is -2.53. The lowest BCUT2D eigenvalue weighted by Gasteiger charge is -2.36. The molecule has 2 aliphatic heterocycles. The average Bonchev–Trinajstić information content (AvgIpc) is 3.36. The Balaban J connectivity index is 1.17. The third-order valence-electron chi connectivity index (χ3n) is 6.72. The van der Waals surface area contributed by atoms with E-state index in [9.17, 15) is 9.59 Å². The van der Waals surface area contributed by atoms with Crippen molar-refractivity contribution < 1.29 is 14.3 Å². The van der Waals surface area contributed by atoms with Crippen molar-refractivity contribution in [1.29, 1.82) is 0 Å². The van der Waals surface area contributed by atoms with E-state index in [1.54, 1.807) is 13.2 Å². The van der Waals surface area contributed by atoms with Gasteiger partial charge in [-0.05, 0) is 67.9 Å². The summed E-state index contributed by atoms with van der Waals surface area (Å²) in [5.41, 5.74) is 1.63. The number of carbonyl (C=O) groups is 2. The quantitative estimate of drug-likeness (QED) is 0.702. The van der Waals surface area contributed by atoms with Gasteiger partial charge in [0.05, 0.1) is 7.11 Å². The van der Waals surface area contributed by atoms with Gasteiger partial charge in [0, 0.05) is 49.7 Å². The van der Waals surface area contributed by atoms with Crippen LogP contribution in [0.3, 0.4) is 0 Å². The molecule has 3 amide bonds. The van der Waals surface area contributed by atoms with Crippen molar-refractivity contribution in [3.63, 3.8) is 0 Å². The molecule has 1 aromatic heterocycles. The second-order valence-electron chi connectivity index (χ2n) is 8.95. The SMILES string of the molecule is COc1cc(C(=O)N2CCN(C(=O)NCC3CCN(Cc4cccs4)CC3)CC2)ccc1C. The van der Waals surface area contributed by atoms with Crippen LogP contribution < -0.4 is 10.1 Å². The number of urea groups is 1. The number of likely N-dealkylation sites (tertiary alicyclic amines) is 1. The maximum absolute atomic E-state index is 12.9. The highest BCUT2D eigenvalue weighted by Crippen LogP contribution is 2.22. The van der Waals surface area contributed by atoms with Gasteiger partial charge in [0.15, 0.2) is 0 Å². The highest BCUT2D eigenvalue weighted by molar-refractivity contribution is 7.09. The third-order valence-corrected chi connectivity index (χ3v) is 7.58. The molecule has 0 aliphatic carbocycles. The fourth-order valence-electron chi connectivity index (χ4n) is 4.56. The van der Waals surface area contributed by atoms with Gasteiger partial charge in [-0.25, -0.2) is 4.79 Å². The highest BCUT2D eigenvalue weighted by atomic mass is 32.1. The number of ether oxygens (including phenoxy) is 1. The summed E-state index contributed by atoms with van der Waals surface area (Å²) in [5.74, 6) is 1.24. The molecule has 1 N–H and O–H groups in total. The van der Waals surface area contributed by atoms with Gasteiger partial charge in [-0.1, -0.05) is 12.1 Å². The van der Waals surface area contributed by atoms with Crippen molar-refractivity contribution in [3.05, 3.63) is 51.7 Å². The van der Waals surface area contributed by atoms with Gasteiger partial charge in [0.25, 0.3) is 5.91 Å². The average molecular weight is 471 g/mol. The Hall–Kier alpha value is -2.58. The maximum Gasteiger partial charge on any atom is 0.317 e. The number of nitrogens with one attached hydrogen (secondary N) is 1. The molecule has 0 atom stereocenters. The number of nitrogens with zero attached hydrogens (tertiary/aromatic N) is 3. The molecule has 33 heavy (non-hydrogen) atoms. The molecule has 0 radical (unpaired) electrons. The summed E-state index contributed by atoms with van der Waals surface area (Å²) in [6, 6.07) is 9.83. The Morgan fingerprint density at radius 1 is 1.06 bits per heavy atom.